The number of hydrogen-bond donors (Lipinski definition) is 0. The zero-order valence-electron chi connectivity index (χ0n) is 14.2. The quantitative estimate of drug-likeness (QED) is 0.526. The Labute approximate surface area is 142 Å². The van der Waals surface area contributed by atoms with Gasteiger partial charge in [-0.15, -0.1) is 11.3 Å². The summed E-state index contributed by atoms with van der Waals surface area (Å²) in [5.74, 6) is 0.309. The van der Waals surface area contributed by atoms with E-state index in [1.165, 1.54) is 21.4 Å². The van der Waals surface area contributed by atoms with E-state index in [1.54, 1.807) is 11.3 Å². The summed E-state index contributed by atoms with van der Waals surface area (Å²) in [6.45, 7) is 8.12. The Morgan fingerprint density at radius 3 is 2.43 bits per heavy atom. The molecule has 4 rings (SSSR count). The number of rotatable bonds is 0. The molecule has 1 aliphatic rings. The van der Waals surface area contributed by atoms with Crippen LogP contribution >= 0.6 is 11.3 Å². The van der Waals surface area contributed by atoms with Crippen LogP contribution in [-0.4, -0.2) is 10.8 Å². The van der Waals surface area contributed by atoms with Crippen LogP contribution in [0.2, 0.25) is 0 Å². The summed E-state index contributed by atoms with van der Waals surface area (Å²) >= 11 is 1.69. The van der Waals surface area contributed by atoms with Gasteiger partial charge in [0.25, 0.3) is 0 Å². The summed E-state index contributed by atoms with van der Waals surface area (Å²) in [5, 5.41) is 0. The number of carbonyl (C=O) groups excluding carboxylic acids is 1. The number of fused-ring (bicyclic) bond motifs is 2. The maximum Gasteiger partial charge on any atom is 0.163 e. The molecule has 23 heavy (non-hydrogen) atoms. The van der Waals surface area contributed by atoms with Gasteiger partial charge in [0.05, 0.1) is 15.7 Å². The van der Waals surface area contributed by atoms with E-state index in [0.29, 0.717) is 12.2 Å². The fraction of sp³-hybridized carbons (Fsp3) is 0.300. The second-order valence-electron chi connectivity index (χ2n) is 5.41. The largest absolute Gasteiger partial charge is 0.294 e. The van der Waals surface area contributed by atoms with Gasteiger partial charge in [-0.05, 0) is 49.6 Å². The van der Waals surface area contributed by atoms with Gasteiger partial charge in [-0.3, -0.25) is 4.79 Å². The van der Waals surface area contributed by atoms with Crippen LogP contribution in [0.4, 0.5) is 0 Å². The highest BCUT2D eigenvalue weighted by Gasteiger charge is 2.18. The average molecular weight is 325 g/mol. The summed E-state index contributed by atoms with van der Waals surface area (Å²) < 4.78 is 1.28. The van der Waals surface area contributed by atoms with Crippen molar-refractivity contribution in [2.24, 2.45) is 0 Å². The zero-order valence-corrected chi connectivity index (χ0v) is 15.0. The van der Waals surface area contributed by atoms with E-state index in [-0.39, 0.29) is 0 Å². The minimum Gasteiger partial charge on any atom is -0.294 e. The number of benzene rings is 2. The van der Waals surface area contributed by atoms with Crippen LogP contribution in [0.15, 0.2) is 41.9 Å². The lowest BCUT2D eigenvalue weighted by atomic mass is 10.1. The fourth-order valence-corrected chi connectivity index (χ4v) is 3.29. The molecule has 0 fully saturated rings. The molecule has 2 aromatic carbocycles. The highest BCUT2D eigenvalue weighted by molar-refractivity contribution is 7.16. The van der Waals surface area contributed by atoms with Crippen LogP contribution in [0.1, 0.15) is 47.3 Å². The van der Waals surface area contributed by atoms with Crippen molar-refractivity contribution in [1.29, 1.82) is 0 Å². The predicted molar refractivity (Wildman–Crippen MR) is 99.5 cm³/mol. The first-order valence-electron chi connectivity index (χ1n) is 8.06. The van der Waals surface area contributed by atoms with Gasteiger partial charge in [0.1, 0.15) is 0 Å². The number of hydrogen-bond acceptors (Lipinski definition) is 3. The normalized spacial score (nSPS) is 12.1. The van der Waals surface area contributed by atoms with Gasteiger partial charge in [-0.25, -0.2) is 4.98 Å². The molecular weight excluding hydrogens is 302 g/mol. The molecule has 0 N–H and O–H groups in total. The second-order valence-corrected chi connectivity index (χ2v) is 6.29. The van der Waals surface area contributed by atoms with Gasteiger partial charge in [-0.1, -0.05) is 37.6 Å². The molecule has 0 atom stereocenters. The number of Topliss-reactive ketones (excluding diaryl/α,β-unsaturated/α-hetero) is 1. The maximum atomic E-state index is 11.2. The van der Waals surface area contributed by atoms with Gasteiger partial charge in [0, 0.05) is 12.0 Å². The third-order valence-electron chi connectivity index (χ3n) is 3.67. The standard InChI is InChI=1S/C10H10O.C8H7NS.C2H6/c1-7-2-3-8-4-5-10(11)9(8)6-7;1-6-2-3-7-8(4-6)10-5-9-7;1-2/h2-3,6H,4-5H2,1H3;2-5H,1H3;1-2H3. The third-order valence-corrected chi connectivity index (χ3v) is 4.47. The van der Waals surface area contributed by atoms with E-state index in [0.717, 1.165) is 17.5 Å². The van der Waals surface area contributed by atoms with E-state index >= 15 is 0 Å². The lowest BCUT2D eigenvalue weighted by molar-refractivity contribution is 0.0994. The monoisotopic (exact) mass is 325 g/mol. The van der Waals surface area contributed by atoms with Crippen LogP contribution in [0, 0.1) is 13.8 Å². The Morgan fingerprint density at radius 2 is 1.65 bits per heavy atom. The molecule has 1 aromatic heterocycles. The van der Waals surface area contributed by atoms with Crippen molar-refractivity contribution < 1.29 is 4.79 Å². The smallest absolute Gasteiger partial charge is 0.163 e. The molecule has 0 saturated heterocycles. The van der Waals surface area contributed by atoms with Crippen molar-refractivity contribution in [1.82, 2.24) is 4.98 Å². The van der Waals surface area contributed by atoms with Crippen molar-refractivity contribution in [2.75, 3.05) is 0 Å². The van der Waals surface area contributed by atoms with E-state index in [2.05, 4.69) is 42.2 Å². The van der Waals surface area contributed by atoms with E-state index in [1.807, 2.05) is 32.3 Å². The Hall–Kier alpha value is -2.00. The first kappa shape index (κ1) is 17.4. The number of aromatic nitrogens is 1. The van der Waals surface area contributed by atoms with Crippen LogP contribution in [0.3, 0.4) is 0 Å². The third kappa shape index (κ3) is 4.26. The molecule has 1 heterocycles. The van der Waals surface area contributed by atoms with Gasteiger partial charge >= 0.3 is 0 Å². The molecule has 0 bridgehead atoms. The van der Waals surface area contributed by atoms with Crippen molar-refractivity contribution in [3.05, 3.63) is 64.2 Å². The van der Waals surface area contributed by atoms with Crippen LogP contribution in [-0.2, 0) is 6.42 Å². The minimum atomic E-state index is 0.309. The van der Waals surface area contributed by atoms with Crippen LogP contribution < -0.4 is 0 Å². The van der Waals surface area contributed by atoms with Crippen LogP contribution in [0.25, 0.3) is 10.2 Å². The number of aryl methyl sites for hydroxylation is 3. The summed E-state index contributed by atoms with van der Waals surface area (Å²) in [5.41, 5.74) is 7.64. The van der Waals surface area contributed by atoms with Gasteiger partial charge in [-0.2, -0.15) is 0 Å². The molecule has 0 saturated carbocycles. The van der Waals surface area contributed by atoms with Gasteiger partial charge < -0.3 is 0 Å². The SMILES string of the molecule is CC.Cc1ccc2c(c1)C(=O)CC2.Cc1ccc2ncsc2c1. The Morgan fingerprint density at radius 1 is 0.957 bits per heavy atom. The van der Waals surface area contributed by atoms with Gasteiger partial charge in [0.2, 0.25) is 0 Å². The first-order valence-corrected chi connectivity index (χ1v) is 8.94. The molecule has 3 aromatic rings. The summed E-state index contributed by atoms with van der Waals surface area (Å²) in [6.07, 6.45) is 1.65. The molecule has 0 spiro atoms. The van der Waals surface area contributed by atoms with Gasteiger partial charge in [0.15, 0.2) is 5.78 Å². The lowest BCUT2D eigenvalue weighted by Gasteiger charge is -1.97. The summed E-state index contributed by atoms with van der Waals surface area (Å²) in [7, 11) is 0. The molecule has 120 valence electrons. The molecule has 0 radical (unpaired) electrons. The first-order chi connectivity index (χ1) is 11.1. The maximum absolute atomic E-state index is 11.2. The Bertz CT molecular complexity index is 804. The van der Waals surface area contributed by atoms with E-state index < -0.39 is 0 Å². The molecule has 1 aliphatic carbocycles. The van der Waals surface area contributed by atoms with E-state index in [4.69, 9.17) is 0 Å². The molecular formula is C20H23NOS. The summed E-state index contributed by atoms with van der Waals surface area (Å²) in [6, 6.07) is 12.4. The van der Waals surface area contributed by atoms with Crippen molar-refractivity contribution in [3.63, 3.8) is 0 Å². The average Bonchev–Trinajstić information content (AvgIpc) is 3.17. The summed E-state index contributed by atoms with van der Waals surface area (Å²) in [4.78, 5) is 15.4. The molecule has 0 amide bonds. The number of ketones is 1. The minimum absolute atomic E-state index is 0.309. The second kappa shape index (κ2) is 8.02. The number of carbonyl (C=O) groups is 1. The molecule has 0 unspecified atom stereocenters. The van der Waals surface area contributed by atoms with E-state index in [9.17, 15) is 4.79 Å². The molecule has 3 heteroatoms. The van der Waals surface area contributed by atoms with Crippen molar-refractivity contribution in [3.8, 4) is 0 Å². The number of nitrogens with zero attached hydrogens (tertiary/aromatic N) is 1. The highest BCUT2D eigenvalue weighted by atomic mass is 32.1. The van der Waals surface area contributed by atoms with Crippen molar-refractivity contribution in [2.45, 2.75) is 40.5 Å². The van der Waals surface area contributed by atoms with Crippen LogP contribution in [0.5, 0.6) is 0 Å². The predicted octanol–water partition coefficient (Wildman–Crippen LogP) is 5.75. The topological polar surface area (TPSA) is 30.0 Å². The molecule has 0 aliphatic heterocycles. The number of thiazole rings is 1. The fourth-order valence-electron chi connectivity index (χ4n) is 2.51. The Balaban J connectivity index is 0.000000152. The zero-order chi connectivity index (χ0) is 16.8. The Kier molecular flexibility index (Phi) is 6.05. The highest BCUT2D eigenvalue weighted by Crippen LogP contribution is 2.22. The molecule has 2 nitrogen and oxygen atoms in total. The van der Waals surface area contributed by atoms with Crippen molar-refractivity contribution >= 4 is 27.3 Å². The lowest BCUT2D eigenvalue weighted by Crippen LogP contribution is -1.90.